The molecule has 2 rings (SSSR count). The standard InChI is InChI=1S/C16H22Cl2N2OS/c17-14-4-3-13(15(18)8-14)10-22-11-16(21)20-7-5-12-2-1-6-19-9-12/h3-4,8,12,19H,1-2,5-7,9-11H2,(H,20,21). The first-order valence-electron chi connectivity index (χ1n) is 7.64. The van der Waals surface area contributed by atoms with E-state index >= 15 is 0 Å². The Balaban J connectivity index is 1.59. The maximum Gasteiger partial charge on any atom is 0.230 e. The zero-order valence-electron chi connectivity index (χ0n) is 12.5. The molecule has 3 nitrogen and oxygen atoms in total. The second-order valence-electron chi connectivity index (χ2n) is 5.58. The molecule has 1 atom stereocenters. The van der Waals surface area contributed by atoms with Crippen molar-refractivity contribution in [1.29, 1.82) is 0 Å². The maximum absolute atomic E-state index is 11.8. The summed E-state index contributed by atoms with van der Waals surface area (Å²) >= 11 is 13.5. The number of carbonyl (C=O) groups is 1. The van der Waals surface area contributed by atoms with Gasteiger partial charge in [-0.25, -0.2) is 0 Å². The van der Waals surface area contributed by atoms with Gasteiger partial charge in [0.2, 0.25) is 5.91 Å². The molecule has 6 heteroatoms. The van der Waals surface area contributed by atoms with E-state index in [0.29, 0.717) is 21.7 Å². The molecule has 1 amide bonds. The Bertz CT molecular complexity index is 493. The molecular formula is C16H22Cl2N2OS. The van der Waals surface area contributed by atoms with Crippen LogP contribution in [0.15, 0.2) is 18.2 Å². The molecule has 1 saturated heterocycles. The van der Waals surface area contributed by atoms with E-state index in [1.165, 1.54) is 12.8 Å². The quantitative estimate of drug-likeness (QED) is 0.778. The van der Waals surface area contributed by atoms with Crippen LogP contribution in [0.1, 0.15) is 24.8 Å². The number of hydrogen-bond acceptors (Lipinski definition) is 3. The van der Waals surface area contributed by atoms with E-state index in [2.05, 4.69) is 10.6 Å². The van der Waals surface area contributed by atoms with Crippen molar-refractivity contribution in [2.45, 2.75) is 25.0 Å². The van der Waals surface area contributed by atoms with E-state index in [9.17, 15) is 4.79 Å². The molecule has 0 saturated carbocycles. The summed E-state index contributed by atoms with van der Waals surface area (Å²) < 4.78 is 0. The molecule has 22 heavy (non-hydrogen) atoms. The first kappa shape index (κ1) is 17.9. The van der Waals surface area contributed by atoms with Gasteiger partial charge in [0.15, 0.2) is 0 Å². The van der Waals surface area contributed by atoms with Crippen LogP contribution in [-0.2, 0) is 10.5 Å². The van der Waals surface area contributed by atoms with Gasteiger partial charge in [0.1, 0.15) is 0 Å². The molecule has 0 aromatic heterocycles. The van der Waals surface area contributed by atoms with E-state index in [1.807, 2.05) is 12.1 Å². The van der Waals surface area contributed by atoms with Crippen LogP contribution < -0.4 is 10.6 Å². The number of carbonyl (C=O) groups excluding carboxylic acids is 1. The lowest BCUT2D eigenvalue weighted by molar-refractivity contribution is -0.118. The Kier molecular flexibility index (Phi) is 7.87. The van der Waals surface area contributed by atoms with Crippen molar-refractivity contribution in [2.75, 3.05) is 25.4 Å². The highest BCUT2D eigenvalue weighted by molar-refractivity contribution is 7.99. The van der Waals surface area contributed by atoms with Gasteiger partial charge in [-0.2, -0.15) is 0 Å². The fourth-order valence-electron chi connectivity index (χ4n) is 2.53. The first-order chi connectivity index (χ1) is 10.6. The third kappa shape index (κ3) is 6.37. The predicted molar refractivity (Wildman–Crippen MR) is 95.8 cm³/mol. The van der Waals surface area contributed by atoms with E-state index < -0.39 is 0 Å². The highest BCUT2D eigenvalue weighted by atomic mass is 35.5. The minimum Gasteiger partial charge on any atom is -0.355 e. The molecular weight excluding hydrogens is 339 g/mol. The average molecular weight is 361 g/mol. The molecule has 1 heterocycles. The summed E-state index contributed by atoms with van der Waals surface area (Å²) in [5.41, 5.74) is 1.01. The van der Waals surface area contributed by atoms with Crippen LogP contribution in [0.2, 0.25) is 10.0 Å². The Morgan fingerprint density at radius 3 is 3.00 bits per heavy atom. The summed E-state index contributed by atoms with van der Waals surface area (Å²) in [6.45, 7) is 2.99. The van der Waals surface area contributed by atoms with Gasteiger partial charge in [-0.3, -0.25) is 4.79 Å². The van der Waals surface area contributed by atoms with Gasteiger partial charge in [0.25, 0.3) is 0 Å². The van der Waals surface area contributed by atoms with Crippen LogP contribution in [0.4, 0.5) is 0 Å². The molecule has 1 aliphatic rings. The van der Waals surface area contributed by atoms with Crippen molar-refractivity contribution >= 4 is 40.9 Å². The average Bonchev–Trinajstić information content (AvgIpc) is 2.50. The molecule has 0 radical (unpaired) electrons. The number of nitrogens with one attached hydrogen (secondary N) is 2. The van der Waals surface area contributed by atoms with Crippen molar-refractivity contribution in [3.8, 4) is 0 Å². The van der Waals surface area contributed by atoms with Gasteiger partial charge in [-0.05, 0) is 56.0 Å². The fraction of sp³-hybridized carbons (Fsp3) is 0.562. The van der Waals surface area contributed by atoms with Crippen molar-refractivity contribution < 1.29 is 4.79 Å². The normalized spacial score (nSPS) is 18.2. The number of piperidine rings is 1. The second-order valence-corrected chi connectivity index (χ2v) is 7.41. The summed E-state index contributed by atoms with van der Waals surface area (Å²) in [7, 11) is 0. The van der Waals surface area contributed by atoms with Crippen LogP contribution in [0.3, 0.4) is 0 Å². The van der Waals surface area contributed by atoms with E-state index in [4.69, 9.17) is 23.2 Å². The summed E-state index contributed by atoms with van der Waals surface area (Å²) in [5.74, 6) is 1.98. The predicted octanol–water partition coefficient (Wildman–Crippen LogP) is 3.73. The third-order valence-corrected chi connectivity index (χ3v) is 5.35. The van der Waals surface area contributed by atoms with Gasteiger partial charge in [-0.15, -0.1) is 11.8 Å². The lowest BCUT2D eigenvalue weighted by Crippen LogP contribution is -2.33. The molecule has 1 aliphatic heterocycles. The SMILES string of the molecule is O=C(CSCc1ccc(Cl)cc1Cl)NCCC1CCCNC1. The summed E-state index contributed by atoms with van der Waals surface area (Å²) in [5, 5.41) is 7.68. The zero-order valence-corrected chi connectivity index (χ0v) is 14.9. The number of halogens is 2. The van der Waals surface area contributed by atoms with Gasteiger partial charge < -0.3 is 10.6 Å². The van der Waals surface area contributed by atoms with Gasteiger partial charge in [0, 0.05) is 22.3 Å². The monoisotopic (exact) mass is 360 g/mol. The molecule has 2 N–H and O–H groups in total. The maximum atomic E-state index is 11.8. The lowest BCUT2D eigenvalue weighted by atomic mass is 9.96. The topological polar surface area (TPSA) is 41.1 Å². The summed E-state index contributed by atoms with van der Waals surface area (Å²) in [4.78, 5) is 11.8. The van der Waals surface area contributed by atoms with E-state index in [0.717, 1.165) is 37.4 Å². The smallest absolute Gasteiger partial charge is 0.230 e. The van der Waals surface area contributed by atoms with Gasteiger partial charge in [0.05, 0.1) is 5.75 Å². The summed E-state index contributed by atoms with van der Waals surface area (Å²) in [6.07, 6.45) is 3.58. The Morgan fingerprint density at radius 2 is 2.27 bits per heavy atom. The second kappa shape index (κ2) is 9.66. The molecule has 1 aromatic carbocycles. The van der Waals surface area contributed by atoms with Gasteiger partial charge in [-0.1, -0.05) is 29.3 Å². The summed E-state index contributed by atoms with van der Waals surface area (Å²) in [6, 6.07) is 5.46. The molecule has 0 bridgehead atoms. The molecule has 1 aromatic rings. The molecule has 1 fully saturated rings. The molecule has 0 aliphatic carbocycles. The Morgan fingerprint density at radius 1 is 1.41 bits per heavy atom. The minimum absolute atomic E-state index is 0.0962. The molecule has 1 unspecified atom stereocenters. The highest BCUT2D eigenvalue weighted by Gasteiger charge is 2.12. The van der Waals surface area contributed by atoms with Crippen molar-refractivity contribution in [3.05, 3.63) is 33.8 Å². The van der Waals surface area contributed by atoms with Crippen molar-refractivity contribution in [2.24, 2.45) is 5.92 Å². The fourth-order valence-corrected chi connectivity index (χ4v) is 3.95. The van der Waals surface area contributed by atoms with Crippen LogP contribution in [-0.4, -0.2) is 31.3 Å². The van der Waals surface area contributed by atoms with Crippen molar-refractivity contribution in [3.63, 3.8) is 0 Å². The van der Waals surface area contributed by atoms with Crippen LogP contribution in [0, 0.1) is 5.92 Å². The van der Waals surface area contributed by atoms with E-state index in [1.54, 1.807) is 17.8 Å². The number of benzene rings is 1. The zero-order chi connectivity index (χ0) is 15.8. The third-order valence-electron chi connectivity index (χ3n) is 3.78. The van der Waals surface area contributed by atoms with Crippen LogP contribution >= 0.6 is 35.0 Å². The number of hydrogen-bond donors (Lipinski definition) is 2. The first-order valence-corrected chi connectivity index (χ1v) is 9.55. The Hall–Kier alpha value is -0.420. The highest BCUT2D eigenvalue weighted by Crippen LogP contribution is 2.24. The van der Waals surface area contributed by atoms with Crippen molar-refractivity contribution in [1.82, 2.24) is 10.6 Å². The molecule has 0 spiro atoms. The Labute approximate surface area is 146 Å². The van der Waals surface area contributed by atoms with Crippen LogP contribution in [0.25, 0.3) is 0 Å². The number of thioether (sulfide) groups is 1. The van der Waals surface area contributed by atoms with Gasteiger partial charge >= 0.3 is 0 Å². The van der Waals surface area contributed by atoms with E-state index in [-0.39, 0.29) is 5.91 Å². The number of rotatable bonds is 7. The largest absolute Gasteiger partial charge is 0.355 e. The lowest BCUT2D eigenvalue weighted by Gasteiger charge is -2.22. The number of amides is 1. The minimum atomic E-state index is 0.0962. The molecule has 122 valence electrons. The van der Waals surface area contributed by atoms with Crippen LogP contribution in [0.5, 0.6) is 0 Å².